The van der Waals surface area contributed by atoms with Gasteiger partial charge in [-0.3, -0.25) is 9.52 Å². The minimum Gasteiger partial charge on any atom is -0.467 e. The van der Waals surface area contributed by atoms with Crippen LogP contribution in [-0.4, -0.2) is 36.0 Å². The second kappa shape index (κ2) is 8.93. The van der Waals surface area contributed by atoms with Crippen molar-refractivity contribution < 1.29 is 22.0 Å². The Balaban J connectivity index is 1.52. The van der Waals surface area contributed by atoms with Crippen molar-refractivity contribution in [2.75, 3.05) is 16.2 Å². The van der Waals surface area contributed by atoms with Crippen LogP contribution in [0.15, 0.2) is 56.7 Å². The van der Waals surface area contributed by atoms with Gasteiger partial charge in [0.15, 0.2) is 0 Å². The molecule has 2 aromatic heterocycles. The predicted molar refractivity (Wildman–Crippen MR) is 104 cm³/mol. The Morgan fingerprint density at radius 3 is 2.64 bits per heavy atom. The number of nitrogens with one attached hydrogen (secondary N) is 2. The molecule has 1 amide bonds. The number of amides is 1. The van der Waals surface area contributed by atoms with E-state index in [-0.39, 0.29) is 28.5 Å². The molecule has 0 atom stereocenters. The van der Waals surface area contributed by atoms with Crippen LogP contribution in [-0.2, 0) is 21.4 Å². The van der Waals surface area contributed by atoms with E-state index in [1.165, 1.54) is 0 Å². The molecule has 0 bridgehead atoms. The van der Waals surface area contributed by atoms with Crippen molar-refractivity contribution in [1.29, 1.82) is 0 Å². The van der Waals surface area contributed by atoms with Gasteiger partial charge in [0, 0.05) is 11.3 Å². The monoisotopic (exact) mass is 422 g/mol. The lowest BCUT2D eigenvalue weighted by molar-refractivity contribution is -0.118. The normalized spacial score (nSPS) is 11.3. The summed E-state index contributed by atoms with van der Waals surface area (Å²) >= 11 is 1.12. The lowest BCUT2D eigenvalue weighted by Gasteiger charge is -2.05. The maximum atomic E-state index is 11.8. The van der Waals surface area contributed by atoms with Crippen LogP contribution in [0, 0.1) is 0 Å². The molecule has 0 unspecified atom stereocenters. The lowest BCUT2D eigenvalue weighted by atomic mass is 10.2. The summed E-state index contributed by atoms with van der Waals surface area (Å²) in [5.74, 6) is 0.883. The van der Waals surface area contributed by atoms with Crippen LogP contribution in [0.5, 0.6) is 0 Å². The average molecular weight is 422 g/mol. The molecule has 1 aromatic carbocycles. The van der Waals surface area contributed by atoms with Gasteiger partial charge in [-0.25, -0.2) is 8.42 Å². The quantitative estimate of drug-likeness (QED) is 0.504. The van der Waals surface area contributed by atoms with Crippen molar-refractivity contribution in [3.05, 3.63) is 48.4 Å². The number of thioether (sulfide) groups is 1. The Morgan fingerprint density at radius 2 is 1.96 bits per heavy atom. The van der Waals surface area contributed by atoms with Crippen LogP contribution in [0.4, 0.5) is 5.69 Å². The molecule has 0 fully saturated rings. The number of carbonyl (C=O) groups is 1. The Hall–Kier alpha value is -2.79. The zero-order chi connectivity index (χ0) is 20.0. The number of hydrogen-bond donors (Lipinski definition) is 2. The number of anilines is 1. The Bertz CT molecular complexity index is 1010. The number of nitrogens with zero attached hydrogens (tertiary/aromatic N) is 2. The molecular formula is C17H18N4O5S2. The summed E-state index contributed by atoms with van der Waals surface area (Å²) in [4.78, 5) is 11.8. The Labute approximate surface area is 166 Å². The van der Waals surface area contributed by atoms with E-state index >= 15 is 0 Å². The first-order valence-electron chi connectivity index (χ1n) is 8.31. The van der Waals surface area contributed by atoms with Gasteiger partial charge in [-0.15, -0.1) is 10.2 Å². The van der Waals surface area contributed by atoms with Crippen LogP contribution in [0.2, 0.25) is 0 Å². The fourth-order valence-electron chi connectivity index (χ4n) is 2.09. The number of carbonyl (C=O) groups excluding carboxylic acids is 1. The SMILES string of the molecule is CCS(=O)(=O)Nc1ccc(-c2nnc(SCC(=O)NCc3ccco3)o2)cc1. The maximum Gasteiger partial charge on any atom is 0.277 e. The van der Waals surface area contributed by atoms with Crippen molar-refractivity contribution in [1.82, 2.24) is 15.5 Å². The van der Waals surface area contributed by atoms with E-state index in [0.717, 1.165) is 11.8 Å². The molecule has 0 saturated heterocycles. The van der Waals surface area contributed by atoms with Gasteiger partial charge >= 0.3 is 0 Å². The van der Waals surface area contributed by atoms with Gasteiger partial charge in [0.1, 0.15) is 5.76 Å². The molecule has 2 heterocycles. The smallest absolute Gasteiger partial charge is 0.277 e. The molecular weight excluding hydrogens is 404 g/mol. The molecule has 0 radical (unpaired) electrons. The van der Waals surface area contributed by atoms with E-state index in [1.54, 1.807) is 49.6 Å². The summed E-state index contributed by atoms with van der Waals surface area (Å²) in [6, 6.07) is 10.1. The van der Waals surface area contributed by atoms with Crippen LogP contribution in [0.1, 0.15) is 12.7 Å². The minimum absolute atomic E-state index is 0.00587. The summed E-state index contributed by atoms with van der Waals surface area (Å²) in [5.41, 5.74) is 1.09. The molecule has 0 saturated carbocycles. The highest BCUT2D eigenvalue weighted by Crippen LogP contribution is 2.24. The summed E-state index contributed by atoms with van der Waals surface area (Å²) in [6.07, 6.45) is 1.54. The van der Waals surface area contributed by atoms with E-state index < -0.39 is 10.0 Å². The van der Waals surface area contributed by atoms with Crippen molar-refractivity contribution in [3.8, 4) is 11.5 Å². The third kappa shape index (κ3) is 5.60. The first-order valence-corrected chi connectivity index (χ1v) is 11.0. The summed E-state index contributed by atoms with van der Waals surface area (Å²) in [7, 11) is -3.33. The van der Waals surface area contributed by atoms with Gasteiger partial charge < -0.3 is 14.2 Å². The number of rotatable bonds is 9. The van der Waals surface area contributed by atoms with E-state index in [9.17, 15) is 13.2 Å². The first kappa shape index (κ1) is 20.0. The molecule has 11 heteroatoms. The molecule has 28 heavy (non-hydrogen) atoms. The van der Waals surface area contributed by atoms with Crippen molar-refractivity contribution in [3.63, 3.8) is 0 Å². The summed E-state index contributed by atoms with van der Waals surface area (Å²) in [6.45, 7) is 1.88. The number of aromatic nitrogens is 2. The number of benzene rings is 1. The second-order valence-electron chi connectivity index (χ2n) is 5.60. The molecule has 0 aliphatic carbocycles. The van der Waals surface area contributed by atoms with E-state index in [0.29, 0.717) is 23.6 Å². The van der Waals surface area contributed by atoms with Crippen molar-refractivity contribution in [2.45, 2.75) is 18.7 Å². The maximum absolute atomic E-state index is 11.8. The van der Waals surface area contributed by atoms with Gasteiger partial charge in [-0.2, -0.15) is 0 Å². The van der Waals surface area contributed by atoms with Gasteiger partial charge in [-0.1, -0.05) is 11.8 Å². The summed E-state index contributed by atoms with van der Waals surface area (Å²) < 4.78 is 36.3. The van der Waals surface area contributed by atoms with Crippen LogP contribution >= 0.6 is 11.8 Å². The number of furan rings is 1. The molecule has 148 valence electrons. The van der Waals surface area contributed by atoms with Crippen LogP contribution in [0.3, 0.4) is 0 Å². The molecule has 9 nitrogen and oxygen atoms in total. The highest BCUT2D eigenvalue weighted by atomic mass is 32.2. The van der Waals surface area contributed by atoms with Crippen LogP contribution < -0.4 is 10.0 Å². The first-order chi connectivity index (χ1) is 13.4. The third-order valence-electron chi connectivity index (χ3n) is 3.56. The van der Waals surface area contributed by atoms with Crippen molar-refractivity contribution >= 4 is 33.4 Å². The highest BCUT2D eigenvalue weighted by molar-refractivity contribution is 7.99. The predicted octanol–water partition coefficient (Wildman–Crippen LogP) is 2.50. The van der Waals surface area contributed by atoms with E-state index in [1.807, 2.05) is 0 Å². The molecule has 3 aromatic rings. The minimum atomic E-state index is -3.33. The summed E-state index contributed by atoms with van der Waals surface area (Å²) in [5, 5.41) is 10.8. The van der Waals surface area contributed by atoms with Crippen molar-refractivity contribution in [2.24, 2.45) is 0 Å². The molecule has 0 aliphatic heterocycles. The van der Waals surface area contributed by atoms with Gasteiger partial charge in [0.2, 0.25) is 21.8 Å². The number of hydrogen-bond acceptors (Lipinski definition) is 8. The topological polar surface area (TPSA) is 127 Å². The van der Waals surface area contributed by atoms with Crippen LogP contribution in [0.25, 0.3) is 11.5 Å². The Kier molecular flexibility index (Phi) is 6.37. The Morgan fingerprint density at radius 1 is 1.18 bits per heavy atom. The third-order valence-corrected chi connectivity index (χ3v) is 5.68. The van der Waals surface area contributed by atoms with Gasteiger partial charge in [-0.05, 0) is 43.3 Å². The van der Waals surface area contributed by atoms with Gasteiger partial charge in [0.25, 0.3) is 5.22 Å². The van der Waals surface area contributed by atoms with Gasteiger partial charge in [0.05, 0.1) is 24.3 Å². The van der Waals surface area contributed by atoms with E-state index in [4.69, 9.17) is 8.83 Å². The zero-order valence-corrected chi connectivity index (χ0v) is 16.5. The zero-order valence-electron chi connectivity index (χ0n) is 14.9. The number of sulfonamides is 1. The standard InChI is InChI=1S/C17H18N4O5S2/c1-2-28(23,24)21-13-7-5-12(6-8-13)16-19-20-17(26-16)27-11-15(22)18-10-14-4-3-9-25-14/h3-9,21H,2,10-11H2,1H3,(H,18,22). The molecule has 0 aliphatic rings. The van der Waals surface area contributed by atoms with E-state index in [2.05, 4.69) is 20.2 Å². The highest BCUT2D eigenvalue weighted by Gasteiger charge is 2.12. The molecule has 0 spiro atoms. The second-order valence-corrected chi connectivity index (χ2v) is 8.54. The largest absolute Gasteiger partial charge is 0.467 e. The fourth-order valence-corrected chi connectivity index (χ4v) is 3.33. The average Bonchev–Trinajstić information content (AvgIpc) is 3.37. The fraction of sp³-hybridized carbons (Fsp3) is 0.235. The molecule has 2 N–H and O–H groups in total. The molecule has 3 rings (SSSR count). The lowest BCUT2D eigenvalue weighted by Crippen LogP contribution is -2.24.